The second kappa shape index (κ2) is 5.57. The molecule has 0 aliphatic rings. The van der Waals surface area contributed by atoms with Crippen LogP contribution in [0.25, 0.3) is 10.2 Å². The number of nitrogen functional groups attached to an aromatic ring is 1. The number of halogens is 2. The summed E-state index contributed by atoms with van der Waals surface area (Å²) in [5, 5.41) is 3.21. The van der Waals surface area contributed by atoms with Gasteiger partial charge in [-0.05, 0) is 59.0 Å². The number of nitrogens with two attached hydrogens (primary N) is 1. The number of rotatable bonds is 2. The van der Waals surface area contributed by atoms with Gasteiger partial charge in [-0.25, -0.2) is 9.37 Å². The number of hydrogen-bond acceptors (Lipinski definition) is 4. The summed E-state index contributed by atoms with van der Waals surface area (Å²) in [7, 11) is 0. The van der Waals surface area contributed by atoms with Crippen molar-refractivity contribution in [3.05, 3.63) is 51.3 Å². The van der Waals surface area contributed by atoms with Crippen LogP contribution in [0.3, 0.4) is 0 Å². The molecule has 0 saturated carbocycles. The number of aromatic nitrogens is 1. The van der Waals surface area contributed by atoms with Crippen LogP contribution < -0.4 is 11.1 Å². The van der Waals surface area contributed by atoms with Gasteiger partial charge >= 0.3 is 0 Å². The lowest BCUT2D eigenvalue weighted by molar-refractivity contribution is 0.102. The summed E-state index contributed by atoms with van der Waals surface area (Å²) in [5.74, 6) is -0.683. The maximum Gasteiger partial charge on any atom is 0.258 e. The lowest BCUT2D eigenvalue weighted by Crippen LogP contribution is -2.13. The molecule has 0 bridgehead atoms. The van der Waals surface area contributed by atoms with E-state index in [4.69, 9.17) is 5.73 Å². The Bertz CT molecular complexity index is 849. The van der Waals surface area contributed by atoms with E-state index < -0.39 is 0 Å². The second-order valence-corrected chi connectivity index (χ2v) is 6.52. The van der Waals surface area contributed by atoms with E-state index in [1.807, 2.05) is 28.7 Å². The van der Waals surface area contributed by atoms with E-state index >= 15 is 0 Å². The van der Waals surface area contributed by atoms with Gasteiger partial charge < -0.3 is 5.73 Å². The van der Waals surface area contributed by atoms with Gasteiger partial charge in [0, 0.05) is 9.26 Å². The molecule has 0 fully saturated rings. The van der Waals surface area contributed by atoms with Crippen molar-refractivity contribution < 1.29 is 9.18 Å². The van der Waals surface area contributed by atoms with Crippen molar-refractivity contribution >= 4 is 60.9 Å². The third-order valence-electron chi connectivity index (χ3n) is 2.81. The monoisotopic (exact) mass is 413 g/mol. The maximum atomic E-state index is 13.1. The summed E-state index contributed by atoms with van der Waals surface area (Å²) in [5.41, 5.74) is 7.55. The number of fused-ring (bicyclic) bond motifs is 1. The number of carbonyl (C=O) groups excluding carboxylic acids is 1. The van der Waals surface area contributed by atoms with Gasteiger partial charge in [0.05, 0.1) is 15.8 Å². The van der Waals surface area contributed by atoms with Crippen LogP contribution in [0.1, 0.15) is 10.4 Å². The fraction of sp³-hybridized carbons (Fsp3) is 0. The molecule has 2 aromatic carbocycles. The van der Waals surface area contributed by atoms with Crippen molar-refractivity contribution in [1.29, 1.82) is 0 Å². The summed E-state index contributed by atoms with van der Waals surface area (Å²) in [4.78, 5) is 16.5. The van der Waals surface area contributed by atoms with E-state index in [-0.39, 0.29) is 11.7 Å². The van der Waals surface area contributed by atoms with Crippen LogP contribution in [0.15, 0.2) is 36.4 Å². The topological polar surface area (TPSA) is 68.0 Å². The number of thiazole rings is 1. The van der Waals surface area contributed by atoms with E-state index in [0.717, 1.165) is 10.2 Å². The quantitative estimate of drug-likeness (QED) is 0.495. The molecule has 1 heterocycles. The Hall–Kier alpha value is -1.74. The van der Waals surface area contributed by atoms with Gasteiger partial charge in [0.15, 0.2) is 5.13 Å². The normalized spacial score (nSPS) is 10.8. The van der Waals surface area contributed by atoms with Crippen molar-refractivity contribution in [2.24, 2.45) is 0 Å². The zero-order chi connectivity index (χ0) is 15.0. The molecular formula is C14H9FIN3OS. The highest BCUT2D eigenvalue weighted by Crippen LogP contribution is 2.28. The molecular weight excluding hydrogens is 404 g/mol. The first-order valence-corrected chi connectivity index (χ1v) is 7.85. The Morgan fingerprint density at radius 3 is 2.86 bits per heavy atom. The SMILES string of the molecule is Nc1ccc2nc(NC(=O)c3ccc(F)cc3I)sc2c1. The minimum absolute atomic E-state index is 0.313. The number of nitrogens with one attached hydrogen (secondary N) is 1. The Labute approximate surface area is 137 Å². The summed E-state index contributed by atoms with van der Waals surface area (Å²) in [6.07, 6.45) is 0. The number of benzene rings is 2. The molecule has 0 radical (unpaired) electrons. The van der Waals surface area contributed by atoms with Gasteiger partial charge in [-0.2, -0.15) is 0 Å². The molecule has 0 atom stereocenters. The Morgan fingerprint density at radius 2 is 2.10 bits per heavy atom. The fourth-order valence-electron chi connectivity index (χ4n) is 1.83. The standard InChI is InChI=1S/C14H9FIN3OS/c15-7-1-3-9(10(16)5-7)13(20)19-14-18-11-4-2-8(17)6-12(11)21-14/h1-6H,17H2,(H,18,19,20). The van der Waals surface area contributed by atoms with Gasteiger partial charge in [0.1, 0.15) is 5.82 Å². The van der Waals surface area contributed by atoms with Crippen molar-refractivity contribution in [1.82, 2.24) is 4.98 Å². The average molecular weight is 413 g/mol. The zero-order valence-corrected chi connectivity index (χ0v) is 13.5. The smallest absolute Gasteiger partial charge is 0.258 e. The molecule has 1 amide bonds. The molecule has 0 unspecified atom stereocenters. The molecule has 0 aliphatic carbocycles. The highest BCUT2D eigenvalue weighted by Gasteiger charge is 2.13. The third kappa shape index (κ3) is 2.98. The van der Waals surface area contributed by atoms with Gasteiger partial charge in [-0.3, -0.25) is 10.1 Å². The van der Waals surface area contributed by atoms with Crippen LogP contribution in [0.2, 0.25) is 0 Å². The van der Waals surface area contributed by atoms with Gasteiger partial charge in [-0.15, -0.1) is 0 Å². The first kappa shape index (κ1) is 14.2. The molecule has 7 heteroatoms. The number of carbonyl (C=O) groups is 1. The minimum Gasteiger partial charge on any atom is -0.399 e. The van der Waals surface area contributed by atoms with E-state index in [1.165, 1.54) is 29.5 Å². The number of hydrogen-bond donors (Lipinski definition) is 2. The van der Waals surface area contributed by atoms with Crippen LogP contribution in [-0.2, 0) is 0 Å². The first-order chi connectivity index (χ1) is 10.0. The highest BCUT2D eigenvalue weighted by molar-refractivity contribution is 14.1. The van der Waals surface area contributed by atoms with E-state index in [2.05, 4.69) is 10.3 Å². The lowest BCUT2D eigenvalue weighted by atomic mass is 10.2. The summed E-state index contributed by atoms with van der Waals surface area (Å²) >= 11 is 3.27. The van der Waals surface area contributed by atoms with Gasteiger partial charge in [0.2, 0.25) is 0 Å². The Morgan fingerprint density at radius 1 is 1.29 bits per heavy atom. The molecule has 21 heavy (non-hydrogen) atoms. The first-order valence-electron chi connectivity index (χ1n) is 5.95. The molecule has 3 N–H and O–H groups in total. The van der Waals surface area contributed by atoms with Crippen LogP contribution in [0, 0.1) is 9.39 Å². The summed E-state index contributed by atoms with van der Waals surface area (Å²) in [6.45, 7) is 0. The van der Waals surface area contributed by atoms with Crippen molar-refractivity contribution in [3.63, 3.8) is 0 Å². The molecule has 1 aromatic heterocycles. The van der Waals surface area contributed by atoms with Crippen LogP contribution in [-0.4, -0.2) is 10.9 Å². The Balaban J connectivity index is 1.89. The number of amides is 1. The van der Waals surface area contributed by atoms with Crippen LogP contribution in [0.4, 0.5) is 15.2 Å². The zero-order valence-electron chi connectivity index (χ0n) is 10.6. The van der Waals surface area contributed by atoms with Gasteiger partial charge in [-0.1, -0.05) is 11.3 Å². The maximum absolute atomic E-state index is 13.1. The van der Waals surface area contributed by atoms with Crippen molar-refractivity contribution in [2.45, 2.75) is 0 Å². The molecule has 106 valence electrons. The summed E-state index contributed by atoms with van der Waals surface area (Å²) < 4.78 is 14.5. The molecule has 4 nitrogen and oxygen atoms in total. The lowest BCUT2D eigenvalue weighted by Gasteiger charge is -2.03. The molecule has 0 spiro atoms. The van der Waals surface area contributed by atoms with Crippen molar-refractivity contribution in [2.75, 3.05) is 11.1 Å². The Kier molecular flexibility index (Phi) is 3.77. The number of anilines is 2. The molecule has 3 aromatic rings. The van der Waals surface area contributed by atoms with Crippen LogP contribution in [0.5, 0.6) is 0 Å². The average Bonchev–Trinajstić information content (AvgIpc) is 2.79. The third-order valence-corrected chi connectivity index (χ3v) is 4.63. The molecule has 3 rings (SSSR count). The molecule has 0 aliphatic heterocycles. The largest absolute Gasteiger partial charge is 0.399 e. The van der Waals surface area contributed by atoms with E-state index in [1.54, 1.807) is 12.1 Å². The second-order valence-electron chi connectivity index (χ2n) is 4.32. The highest BCUT2D eigenvalue weighted by atomic mass is 127. The molecule has 0 saturated heterocycles. The van der Waals surface area contributed by atoms with E-state index in [9.17, 15) is 9.18 Å². The van der Waals surface area contributed by atoms with Crippen molar-refractivity contribution in [3.8, 4) is 0 Å². The summed E-state index contributed by atoms with van der Waals surface area (Å²) in [6, 6.07) is 9.40. The predicted molar refractivity (Wildman–Crippen MR) is 91.1 cm³/mol. The fourth-order valence-corrected chi connectivity index (χ4v) is 3.46. The van der Waals surface area contributed by atoms with Gasteiger partial charge in [0.25, 0.3) is 5.91 Å². The van der Waals surface area contributed by atoms with Crippen LogP contribution >= 0.6 is 33.9 Å². The number of nitrogens with zero attached hydrogens (tertiary/aromatic N) is 1. The predicted octanol–water partition coefficient (Wildman–Crippen LogP) is 3.87. The van der Waals surface area contributed by atoms with E-state index in [0.29, 0.717) is 20.0 Å². The minimum atomic E-state index is -0.369.